The number of hydrogen-bond acceptors (Lipinski definition) is 4. The lowest BCUT2D eigenvalue weighted by molar-refractivity contribution is 1.10. The minimum Gasteiger partial charge on any atom is -0.383 e. The number of H-pyrrole nitrogens is 1. The quantitative estimate of drug-likeness (QED) is 0.504. The molecule has 0 spiro atoms. The summed E-state index contributed by atoms with van der Waals surface area (Å²) in [7, 11) is 1.68. The Kier molecular flexibility index (Phi) is 1.46. The third-order valence-corrected chi connectivity index (χ3v) is 1.14. The van der Waals surface area contributed by atoms with Gasteiger partial charge in [-0.2, -0.15) is 10.4 Å². The van der Waals surface area contributed by atoms with Gasteiger partial charge in [-0.3, -0.25) is 5.10 Å². The first-order valence-electron chi connectivity index (χ1n) is 2.71. The predicted molar refractivity (Wildman–Crippen MR) is 37.3 cm³/mol. The number of anilines is 2. The third-order valence-electron chi connectivity index (χ3n) is 1.14. The molecule has 52 valence electrons. The largest absolute Gasteiger partial charge is 0.383 e. The highest BCUT2D eigenvalue weighted by Crippen LogP contribution is 2.15. The second-order valence-corrected chi connectivity index (χ2v) is 1.72. The van der Waals surface area contributed by atoms with Gasteiger partial charge in [0.15, 0.2) is 5.82 Å². The molecular weight excluding hydrogens is 130 g/mol. The van der Waals surface area contributed by atoms with Gasteiger partial charge in [0, 0.05) is 7.05 Å². The van der Waals surface area contributed by atoms with Gasteiger partial charge in [-0.15, -0.1) is 0 Å². The maximum atomic E-state index is 8.49. The van der Waals surface area contributed by atoms with E-state index in [0.717, 1.165) is 0 Å². The number of nitriles is 1. The van der Waals surface area contributed by atoms with E-state index in [-0.39, 0.29) is 0 Å². The molecular formula is C5H7N5. The number of nitrogen functional groups attached to an aromatic ring is 1. The minimum absolute atomic E-state index is 0.298. The number of nitrogens with two attached hydrogens (primary N) is 1. The molecule has 0 aliphatic heterocycles. The molecule has 1 aromatic heterocycles. The lowest BCUT2D eigenvalue weighted by Gasteiger charge is -1.89. The van der Waals surface area contributed by atoms with Crippen LogP contribution in [-0.4, -0.2) is 17.2 Å². The lowest BCUT2D eigenvalue weighted by Crippen LogP contribution is -1.91. The van der Waals surface area contributed by atoms with Crippen LogP contribution in [0.2, 0.25) is 0 Å². The van der Waals surface area contributed by atoms with Crippen molar-refractivity contribution >= 4 is 11.6 Å². The Morgan fingerprint density at radius 3 is 2.90 bits per heavy atom. The monoisotopic (exact) mass is 137 g/mol. The topological polar surface area (TPSA) is 90.5 Å². The average Bonchev–Trinajstić information content (AvgIpc) is 2.30. The highest BCUT2D eigenvalue weighted by Gasteiger charge is 2.06. The molecule has 0 aliphatic rings. The molecule has 1 heterocycles. The van der Waals surface area contributed by atoms with Crippen LogP contribution in [-0.2, 0) is 0 Å². The Morgan fingerprint density at radius 2 is 2.50 bits per heavy atom. The second-order valence-electron chi connectivity index (χ2n) is 1.72. The van der Waals surface area contributed by atoms with Gasteiger partial charge in [0.25, 0.3) is 0 Å². The van der Waals surface area contributed by atoms with Crippen LogP contribution in [0.15, 0.2) is 0 Å². The number of aromatic nitrogens is 2. The van der Waals surface area contributed by atoms with E-state index < -0.39 is 0 Å². The fourth-order valence-corrected chi connectivity index (χ4v) is 0.650. The predicted octanol–water partition coefficient (Wildman–Crippen LogP) is -0.0947. The summed E-state index contributed by atoms with van der Waals surface area (Å²) in [5.74, 6) is 0.784. The summed E-state index contributed by atoms with van der Waals surface area (Å²) in [5.41, 5.74) is 5.71. The standard InChI is InChI=1S/C5H7N5/c1-8-5-3(2-6)4(7)9-10-5/h1H3,(H4,7,8,9,10). The number of nitrogens with zero attached hydrogens (tertiary/aromatic N) is 2. The van der Waals surface area contributed by atoms with Gasteiger partial charge in [-0.25, -0.2) is 0 Å². The molecule has 5 heteroatoms. The third kappa shape index (κ3) is 0.756. The molecule has 0 aromatic carbocycles. The number of aromatic amines is 1. The maximum Gasteiger partial charge on any atom is 0.167 e. The van der Waals surface area contributed by atoms with Crippen molar-refractivity contribution in [2.24, 2.45) is 0 Å². The van der Waals surface area contributed by atoms with Gasteiger partial charge in [0.2, 0.25) is 0 Å². The zero-order valence-corrected chi connectivity index (χ0v) is 5.47. The normalized spacial score (nSPS) is 8.80. The van der Waals surface area contributed by atoms with Gasteiger partial charge in [0.1, 0.15) is 17.5 Å². The first-order valence-corrected chi connectivity index (χ1v) is 2.71. The smallest absolute Gasteiger partial charge is 0.167 e. The molecule has 0 saturated carbocycles. The molecule has 4 N–H and O–H groups in total. The van der Waals surface area contributed by atoms with Gasteiger partial charge in [0.05, 0.1) is 0 Å². The molecule has 5 nitrogen and oxygen atoms in total. The zero-order chi connectivity index (χ0) is 7.56. The summed E-state index contributed by atoms with van der Waals surface area (Å²) >= 11 is 0. The summed E-state index contributed by atoms with van der Waals surface area (Å²) in [4.78, 5) is 0. The van der Waals surface area contributed by atoms with Crippen LogP contribution in [0.4, 0.5) is 11.6 Å². The van der Waals surface area contributed by atoms with Gasteiger partial charge < -0.3 is 11.1 Å². The Bertz CT molecular complexity index is 268. The van der Waals surface area contributed by atoms with Crippen molar-refractivity contribution in [3.8, 4) is 6.07 Å². The van der Waals surface area contributed by atoms with Crippen LogP contribution in [0.1, 0.15) is 5.56 Å². The van der Waals surface area contributed by atoms with Gasteiger partial charge >= 0.3 is 0 Å². The summed E-state index contributed by atoms with van der Waals surface area (Å²) in [6.45, 7) is 0. The molecule has 0 unspecified atom stereocenters. The summed E-state index contributed by atoms with van der Waals surface area (Å²) < 4.78 is 0. The van der Waals surface area contributed by atoms with E-state index in [1.165, 1.54) is 0 Å². The Morgan fingerprint density at radius 1 is 1.80 bits per heavy atom. The Balaban J connectivity index is 3.17. The lowest BCUT2D eigenvalue weighted by atomic mass is 10.3. The van der Waals surface area contributed by atoms with Gasteiger partial charge in [-0.1, -0.05) is 0 Å². The van der Waals surface area contributed by atoms with Crippen molar-refractivity contribution in [1.29, 1.82) is 5.26 Å². The van der Waals surface area contributed by atoms with Crippen LogP contribution in [0, 0.1) is 11.3 Å². The number of hydrogen-bond donors (Lipinski definition) is 3. The molecule has 0 amide bonds. The molecule has 10 heavy (non-hydrogen) atoms. The summed E-state index contributed by atoms with van der Waals surface area (Å²) in [5, 5.41) is 17.4. The van der Waals surface area contributed by atoms with E-state index in [2.05, 4.69) is 15.5 Å². The van der Waals surface area contributed by atoms with Crippen molar-refractivity contribution in [2.45, 2.75) is 0 Å². The molecule has 0 radical (unpaired) electrons. The molecule has 0 bridgehead atoms. The van der Waals surface area contributed by atoms with Crippen molar-refractivity contribution in [3.63, 3.8) is 0 Å². The first kappa shape index (κ1) is 6.42. The highest BCUT2D eigenvalue weighted by molar-refractivity contribution is 5.62. The SMILES string of the molecule is CNc1n[nH]c(N)c1C#N. The maximum absolute atomic E-state index is 8.49. The average molecular weight is 137 g/mol. The van der Waals surface area contributed by atoms with E-state index >= 15 is 0 Å². The Labute approximate surface area is 57.8 Å². The highest BCUT2D eigenvalue weighted by atomic mass is 15.2. The van der Waals surface area contributed by atoms with Crippen LogP contribution in [0.5, 0.6) is 0 Å². The van der Waals surface area contributed by atoms with Crippen LogP contribution >= 0.6 is 0 Å². The van der Waals surface area contributed by atoms with Crippen molar-refractivity contribution < 1.29 is 0 Å². The molecule has 0 saturated heterocycles. The molecule has 1 rings (SSSR count). The number of nitrogens with one attached hydrogen (secondary N) is 2. The van der Waals surface area contributed by atoms with Crippen molar-refractivity contribution in [3.05, 3.63) is 5.56 Å². The molecule has 0 aliphatic carbocycles. The zero-order valence-electron chi connectivity index (χ0n) is 5.47. The van der Waals surface area contributed by atoms with Crippen molar-refractivity contribution in [1.82, 2.24) is 10.2 Å². The molecule has 0 atom stereocenters. The van der Waals surface area contributed by atoms with Crippen LogP contribution in [0.25, 0.3) is 0 Å². The van der Waals surface area contributed by atoms with E-state index in [4.69, 9.17) is 11.0 Å². The Hall–Kier alpha value is -1.70. The van der Waals surface area contributed by atoms with Crippen LogP contribution in [0.3, 0.4) is 0 Å². The fraction of sp³-hybridized carbons (Fsp3) is 0.200. The molecule has 0 fully saturated rings. The summed E-state index contributed by atoms with van der Waals surface area (Å²) in [6, 6.07) is 1.91. The fourth-order valence-electron chi connectivity index (χ4n) is 0.650. The van der Waals surface area contributed by atoms with E-state index in [0.29, 0.717) is 17.2 Å². The van der Waals surface area contributed by atoms with E-state index in [9.17, 15) is 0 Å². The van der Waals surface area contributed by atoms with E-state index in [1.54, 1.807) is 7.05 Å². The van der Waals surface area contributed by atoms with Crippen LogP contribution < -0.4 is 11.1 Å². The number of rotatable bonds is 1. The second kappa shape index (κ2) is 2.27. The van der Waals surface area contributed by atoms with E-state index in [1.807, 2.05) is 6.07 Å². The first-order chi connectivity index (χ1) is 4.79. The summed E-state index contributed by atoms with van der Waals surface area (Å²) in [6.07, 6.45) is 0. The minimum atomic E-state index is 0.298. The van der Waals surface area contributed by atoms with Gasteiger partial charge in [-0.05, 0) is 0 Å². The molecule has 1 aromatic rings. The van der Waals surface area contributed by atoms with Crippen molar-refractivity contribution in [2.75, 3.05) is 18.1 Å².